The van der Waals surface area contributed by atoms with Crippen molar-refractivity contribution in [2.45, 2.75) is 0 Å². The third-order valence-corrected chi connectivity index (χ3v) is 4.41. The largest absolute Gasteiger partial charge is 0.396 e. The van der Waals surface area contributed by atoms with E-state index >= 15 is 0 Å². The predicted molar refractivity (Wildman–Crippen MR) is 90.7 cm³/mol. The van der Waals surface area contributed by atoms with Crippen molar-refractivity contribution in [1.82, 2.24) is 0 Å². The topological polar surface area (TPSA) is 108 Å². The number of nitrogens with zero attached hydrogens (tertiary/aromatic N) is 2. The summed E-state index contributed by atoms with van der Waals surface area (Å²) in [6.07, 6.45) is 0. The van der Waals surface area contributed by atoms with Gasteiger partial charge in [-0.1, -0.05) is 42.5 Å². The molecule has 4 N–H and O–H groups in total. The molecule has 0 atom stereocenters. The summed E-state index contributed by atoms with van der Waals surface area (Å²) in [5, 5.41) is 9.70. The summed E-state index contributed by atoms with van der Waals surface area (Å²) >= 11 is 0. The van der Waals surface area contributed by atoms with Gasteiger partial charge in [0.25, 0.3) is 0 Å². The van der Waals surface area contributed by atoms with Gasteiger partial charge in [0.2, 0.25) is 0 Å². The SMILES string of the molecule is Nc1c(/N=N/c2ccccc2P(=O)(O)O)ccc2ccccc12. The highest BCUT2D eigenvalue weighted by Gasteiger charge is 2.20. The fourth-order valence-electron chi connectivity index (χ4n) is 2.27. The van der Waals surface area contributed by atoms with Gasteiger partial charge < -0.3 is 15.5 Å². The highest BCUT2D eigenvalue weighted by atomic mass is 31.2. The van der Waals surface area contributed by atoms with Gasteiger partial charge in [-0.15, -0.1) is 10.2 Å². The molecule has 0 aliphatic rings. The number of benzene rings is 3. The van der Waals surface area contributed by atoms with Crippen LogP contribution in [0.3, 0.4) is 0 Å². The van der Waals surface area contributed by atoms with E-state index in [0.717, 1.165) is 10.8 Å². The molecule has 0 radical (unpaired) electrons. The third-order valence-electron chi connectivity index (χ3n) is 3.41. The number of anilines is 1. The van der Waals surface area contributed by atoms with E-state index in [4.69, 9.17) is 5.73 Å². The molecule has 0 saturated carbocycles. The maximum atomic E-state index is 11.5. The smallest absolute Gasteiger partial charge is 0.358 e. The Morgan fingerprint density at radius 1 is 0.826 bits per heavy atom. The summed E-state index contributed by atoms with van der Waals surface area (Å²) in [4.78, 5) is 18.7. The quantitative estimate of drug-likeness (QED) is 0.387. The zero-order valence-electron chi connectivity index (χ0n) is 12.0. The minimum atomic E-state index is -4.41. The van der Waals surface area contributed by atoms with E-state index in [1.807, 2.05) is 30.3 Å². The fraction of sp³-hybridized carbons (Fsp3) is 0. The molecule has 0 amide bonds. The van der Waals surface area contributed by atoms with Crippen LogP contribution in [-0.2, 0) is 4.57 Å². The molecule has 0 bridgehead atoms. The van der Waals surface area contributed by atoms with E-state index in [1.165, 1.54) is 18.2 Å². The molecule has 3 rings (SSSR count). The van der Waals surface area contributed by atoms with E-state index < -0.39 is 7.60 Å². The minimum Gasteiger partial charge on any atom is -0.396 e. The Morgan fingerprint density at radius 2 is 1.48 bits per heavy atom. The average molecular weight is 327 g/mol. The normalized spacial score (nSPS) is 12.1. The van der Waals surface area contributed by atoms with E-state index in [-0.39, 0.29) is 11.0 Å². The fourth-order valence-corrected chi connectivity index (χ4v) is 2.97. The molecule has 0 saturated heterocycles. The van der Waals surface area contributed by atoms with Gasteiger partial charge in [-0.2, -0.15) is 0 Å². The van der Waals surface area contributed by atoms with Crippen LogP contribution in [0.1, 0.15) is 0 Å². The van der Waals surface area contributed by atoms with Crippen molar-refractivity contribution >= 4 is 40.7 Å². The van der Waals surface area contributed by atoms with Gasteiger partial charge in [-0.3, -0.25) is 4.57 Å². The lowest BCUT2D eigenvalue weighted by Gasteiger charge is -2.07. The molecule has 116 valence electrons. The van der Waals surface area contributed by atoms with Crippen molar-refractivity contribution in [2.24, 2.45) is 10.2 Å². The number of hydrogen-bond donors (Lipinski definition) is 3. The molecule has 0 fully saturated rings. The van der Waals surface area contributed by atoms with Crippen LogP contribution < -0.4 is 11.0 Å². The first-order valence-electron chi connectivity index (χ1n) is 6.81. The Kier molecular flexibility index (Phi) is 3.96. The second-order valence-electron chi connectivity index (χ2n) is 4.95. The van der Waals surface area contributed by atoms with Crippen molar-refractivity contribution in [3.05, 3.63) is 60.7 Å². The number of nitrogen functional groups attached to an aromatic ring is 1. The van der Waals surface area contributed by atoms with Gasteiger partial charge in [-0.05, 0) is 23.6 Å². The Labute approximate surface area is 132 Å². The van der Waals surface area contributed by atoms with Crippen LogP contribution in [-0.4, -0.2) is 9.79 Å². The number of hydrogen-bond acceptors (Lipinski definition) is 4. The van der Waals surface area contributed by atoms with Crippen molar-refractivity contribution in [3.63, 3.8) is 0 Å². The highest BCUT2D eigenvalue weighted by Crippen LogP contribution is 2.38. The lowest BCUT2D eigenvalue weighted by molar-refractivity contribution is 0.387. The van der Waals surface area contributed by atoms with Crippen LogP contribution in [0.25, 0.3) is 10.8 Å². The molecule has 7 heteroatoms. The minimum absolute atomic E-state index is 0.119. The van der Waals surface area contributed by atoms with E-state index in [0.29, 0.717) is 11.4 Å². The van der Waals surface area contributed by atoms with Crippen LogP contribution in [0.4, 0.5) is 17.1 Å². The summed E-state index contributed by atoms with van der Waals surface area (Å²) < 4.78 is 11.5. The Hall–Kier alpha value is -2.53. The molecule has 0 aliphatic heterocycles. The molecule has 0 aliphatic carbocycles. The van der Waals surface area contributed by atoms with Gasteiger partial charge in [0.1, 0.15) is 11.4 Å². The Morgan fingerprint density at radius 3 is 2.26 bits per heavy atom. The lowest BCUT2D eigenvalue weighted by Crippen LogP contribution is -2.03. The monoisotopic (exact) mass is 327 g/mol. The summed E-state index contributed by atoms with van der Waals surface area (Å²) in [5.74, 6) is 0. The Balaban J connectivity index is 2.05. The summed E-state index contributed by atoms with van der Waals surface area (Å²) in [7, 11) is -4.41. The molecular weight excluding hydrogens is 313 g/mol. The molecule has 3 aromatic rings. The van der Waals surface area contributed by atoms with Gasteiger partial charge in [-0.25, -0.2) is 0 Å². The number of azo groups is 1. The predicted octanol–water partition coefficient (Wildman–Crippen LogP) is 3.64. The second-order valence-corrected chi connectivity index (χ2v) is 6.52. The van der Waals surface area contributed by atoms with Crippen LogP contribution >= 0.6 is 7.60 Å². The molecular formula is C16H14N3O3P. The van der Waals surface area contributed by atoms with Crippen molar-refractivity contribution < 1.29 is 14.4 Å². The van der Waals surface area contributed by atoms with Crippen molar-refractivity contribution in [2.75, 3.05) is 5.73 Å². The maximum absolute atomic E-state index is 11.5. The van der Waals surface area contributed by atoms with E-state index in [9.17, 15) is 14.4 Å². The van der Waals surface area contributed by atoms with Crippen LogP contribution in [0.15, 0.2) is 70.9 Å². The summed E-state index contributed by atoms with van der Waals surface area (Å²) in [6, 6.07) is 17.2. The Bertz CT molecular complexity index is 950. The molecule has 6 nitrogen and oxygen atoms in total. The van der Waals surface area contributed by atoms with E-state index in [2.05, 4.69) is 10.2 Å². The molecule has 23 heavy (non-hydrogen) atoms. The first-order valence-corrected chi connectivity index (χ1v) is 8.42. The van der Waals surface area contributed by atoms with Crippen LogP contribution in [0.5, 0.6) is 0 Å². The van der Waals surface area contributed by atoms with Gasteiger partial charge in [0, 0.05) is 5.39 Å². The van der Waals surface area contributed by atoms with Gasteiger partial charge >= 0.3 is 7.60 Å². The summed E-state index contributed by atoms with van der Waals surface area (Å²) in [5.41, 5.74) is 7.14. The summed E-state index contributed by atoms with van der Waals surface area (Å²) in [6.45, 7) is 0. The standard InChI is InChI=1S/C16H14N3O3P/c17-16-12-6-2-1-5-11(12)9-10-14(16)19-18-13-7-3-4-8-15(13)23(20,21)22/h1-10H,17H2,(H2,20,21,22)/b19-18+. The zero-order valence-corrected chi connectivity index (χ0v) is 12.9. The lowest BCUT2D eigenvalue weighted by atomic mass is 10.1. The van der Waals surface area contributed by atoms with Crippen LogP contribution in [0.2, 0.25) is 0 Å². The molecule has 0 unspecified atom stereocenters. The molecule has 0 spiro atoms. The zero-order chi connectivity index (χ0) is 16.4. The maximum Gasteiger partial charge on any atom is 0.358 e. The molecule has 0 aromatic heterocycles. The van der Waals surface area contributed by atoms with E-state index in [1.54, 1.807) is 12.1 Å². The van der Waals surface area contributed by atoms with Gasteiger partial charge in [0.15, 0.2) is 0 Å². The third kappa shape index (κ3) is 3.14. The second kappa shape index (κ2) is 5.93. The first-order chi connectivity index (χ1) is 11.0. The molecule has 0 heterocycles. The molecule has 3 aromatic carbocycles. The first kappa shape index (κ1) is 15.4. The van der Waals surface area contributed by atoms with Crippen molar-refractivity contribution in [1.29, 1.82) is 0 Å². The highest BCUT2D eigenvalue weighted by molar-refractivity contribution is 7.60. The number of fused-ring (bicyclic) bond motifs is 1. The number of rotatable bonds is 3. The average Bonchev–Trinajstić information content (AvgIpc) is 2.54. The van der Waals surface area contributed by atoms with Crippen LogP contribution in [0, 0.1) is 0 Å². The van der Waals surface area contributed by atoms with Crippen molar-refractivity contribution in [3.8, 4) is 0 Å². The number of nitrogens with two attached hydrogens (primary N) is 1. The van der Waals surface area contributed by atoms with Gasteiger partial charge in [0.05, 0.1) is 11.0 Å².